The van der Waals surface area contributed by atoms with E-state index in [0.29, 0.717) is 24.2 Å². The molecule has 208 valence electrons. The van der Waals surface area contributed by atoms with Gasteiger partial charge in [-0.05, 0) is 74.1 Å². The van der Waals surface area contributed by atoms with Gasteiger partial charge in [0.25, 0.3) is 5.91 Å². The maximum Gasteiger partial charge on any atom is 0.328 e. The Morgan fingerprint density at radius 3 is 2.58 bits per heavy atom. The molecule has 0 spiro atoms. The molecule has 0 saturated carbocycles. The number of likely N-dealkylation sites (tertiary alicyclic amines) is 1. The lowest BCUT2D eigenvalue weighted by Gasteiger charge is -2.41. The summed E-state index contributed by atoms with van der Waals surface area (Å²) in [5.41, 5.74) is 2.09. The number of nitrogens with zero attached hydrogens (tertiary/aromatic N) is 3. The molecular formula is C26H35Cl2N5O4S. The van der Waals surface area contributed by atoms with Crippen molar-refractivity contribution in [2.24, 2.45) is 0 Å². The van der Waals surface area contributed by atoms with Gasteiger partial charge in [-0.2, -0.15) is 11.3 Å². The largest absolute Gasteiger partial charge is 0.467 e. The number of aryl methyl sites for hydroxylation is 1. The number of esters is 1. The van der Waals surface area contributed by atoms with Gasteiger partial charge >= 0.3 is 12.0 Å². The second-order valence-corrected chi connectivity index (χ2v) is 11.1. The van der Waals surface area contributed by atoms with E-state index in [1.54, 1.807) is 31.3 Å². The van der Waals surface area contributed by atoms with Crippen molar-refractivity contribution in [3.05, 3.63) is 49.9 Å². The van der Waals surface area contributed by atoms with Gasteiger partial charge in [-0.25, -0.2) is 14.6 Å². The number of ether oxygens (including phenoxy) is 1. The highest BCUT2D eigenvalue weighted by atomic mass is 35.5. The molecule has 3 heterocycles. The van der Waals surface area contributed by atoms with Crippen molar-refractivity contribution in [1.82, 2.24) is 25.4 Å². The van der Waals surface area contributed by atoms with Crippen LogP contribution in [0.2, 0.25) is 10.3 Å². The topological polar surface area (TPSA) is 104 Å². The summed E-state index contributed by atoms with van der Waals surface area (Å²) in [6.07, 6.45) is 2.39. The van der Waals surface area contributed by atoms with Crippen molar-refractivity contribution < 1.29 is 19.1 Å². The van der Waals surface area contributed by atoms with Gasteiger partial charge in [-0.3, -0.25) is 4.79 Å². The molecule has 2 aromatic rings. The molecule has 1 aliphatic heterocycles. The average Bonchev–Trinajstić information content (AvgIpc) is 3.39. The van der Waals surface area contributed by atoms with Crippen LogP contribution in [0.15, 0.2) is 22.9 Å². The van der Waals surface area contributed by atoms with E-state index in [4.69, 9.17) is 27.9 Å². The van der Waals surface area contributed by atoms with Crippen molar-refractivity contribution in [2.75, 3.05) is 26.7 Å². The molecule has 3 amide bonds. The third-order valence-corrected chi connectivity index (χ3v) is 8.07. The summed E-state index contributed by atoms with van der Waals surface area (Å²) in [6.45, 7) is 8.17. The summed E-state index contributed by atoms with van der Waals surface area (Å²) in [5, 5.41) is 10.1. The number of thiophene rings is 1. The van der Waals surface area contributed by atoms with Gasteiger partial charge in [0.15, 0.2) is 0 Å². The Morgan fingerprint density at radius 1 is 1.26 bits per heavy atom. The second-order valence-electron chi connectivity index (χ2n) is 9.54. The number of piperidine rings is 1. The first kappa shape index (κ1) is 30.1. The lowest BCUT2D eigenvalue weighted by Crippen LogP contribution is -2.54. The normalized spacial score (nSPS) is 15.9. The monoisotopic (exact) mass is 583 g/mol. The standard InChI is InChI=1S/C26H35Cl2N5O4S/c1-16-13-21(27)31-23(28)22(16)24(34)29-9-5-17(2)32-10-6-20(7-11-32)33(14-19-8-12-38-15-19)26(36)30-18(3)25(35)37-4/h8,12-13,15,17-18,20H,5-7,9-11,14H2,1-4H3,(H,29,34)(H,30,36)/t17-,18?/m1/s1. The van der Waals surface area contributed by atoms with Crippen molar-refractivity contribution in [3.8, 4) is 0 Å². The van der Waals surface area contributed by atoms with E-state index in [0.717, 1.165) is 37.9 Å². The van der Waals surface area contributed by atoms with Gasteiger partial charge in [0.05, 0.1) is 12.7 Å². The predicted octanol–water partition coefficient (Wildman–Crippen LogP) is 4.50. The Hall–Kier alpha value is -2.40. The Labute approximate surface area is 237 Å². The highest BCUT2D eigenvalue weighted by Crippen LogP contribution is 2.23. The number of amides is 3. The van der Waals surface area contributed by atoms with Crippen LogP contribution in [0.1, 0.15) is 54.6 Å². The minimum absolute atomic E-state index is 0.0467. The van der Waals surface area contributed by atoms with Crippen LogP contribution < -0.4 is 10.6 Å². The summed E-state index contributed by atoms with van der Waals surface area (Å²) in [4.78, 5) is 45.8. The number of rotatable bonds is 10. The molecule has 9 nitrogen and oxygen atoms in total. The first-order valence-corrected chi connectivity index (χ1v) is 14.3. The van der Waals surface area contributed by atoms with E-state index in [-0.39, 0.29) is 34.3 Å². The maximum atomic E-state index is 13.1. The Balaban J connectivity index is 1.52. The minimum atomic E-state index is -0.727. The molecule has 1 aliphatic rings. The van der Waals surface area contributed by atoms with Gasteiger partial charge in [0.1, 0.15) is 16.3 Å². The summed E-state index contributed by atoms with van der Waals surface area (Å²) < 4.78 is 4.75. The van der Waals surface area contributed by atoms with E-state index in [1.165, 1.54) is 7.11 Å². The van der Waals surface area contributed by atoms with Crippen LogP contribution >= 0.6 is 34.5 Å². The first-order chi connectivity index (χ1) is 18.1. The quantitative estimate of drug-likeness (QED) is 0.315. The zero-order valence-electron chi connectivity index (χ0n) is 22.1. The Kier molecular flexibility index (Phi) is 11.2. The van der Waals surface area contributed by atoms with E-state index in [9.17, 15) is 14.4 Å². The van der Waals surface area contributed by atoms with Crippen LogP contribution in [-0.4, -0.2) is 77.6 Å². The number of halogens is 2. The van der Waals surface area contributed by atoms with Crippen LogP contribution in [0, 0.1) is 6.92 Å². The zero-order valence-corrected chi connectivity index (χ0v) is 24.5. The SMILES string of the molecule is COC(=O)C(C)NC(=O)N(Cc1ccsc1)C1CCN([C@H](C)CCNC(=O)c2c(C)cc(Cl)nc2Cl)CC1. The fraction of sp³-hybridized carbons (Fsp3) is 0.538. The molecule has 38 heavy (non-hydrogen) atoms. The van der Waals surface area contributed by atoms with Crippen LogP contribution in [0.5, 0.6) is 0 Å². The molecule has 0 bridgehead atoms. The molecule has 2 N–H and O–H groups in total. The van der Waals surface area contributed by atoms with Gasteiger partial charge in [-0.15, -0.1) is 0 Å². The lowest BCUT2D eigenvalue weighted by molar-refractivity contribution is -0.142. The Morgan fingerprint density at radius 2 is 1.97 bits per heavy atom. The fourth-order valence-corrected chi connectivity index (χ4v) is 5.90. The van der Waals surface area contributed by atoms with Crippen molar-refractivity contribution in [3.63, 3.8) is 0 Å². The summed E-state index contributed by atoms with van der Waals surface area (Å²) >= 11 is 13.6. The lowest BCUT2D eigenvalue weighted by atomic mass is 10.0. The molecule has 12 heteroatoms. The van der Waals surface area contributed by atoms with Crippen LogP contribution in [-0.2, 0) is 16.1 Å². The van der Waals surface area contributed by atoms with Gasteiger partial charge < -0.3 is 25.2 Å². The second kappa shape index (κ2) is 14.1. The molecule has 0 radical (unpaired) electrons. The maximum absolute atomic E-state index is 13.1. The van der Waals surface area contributed by atoms with Crippen LogP contribution in [0.4, 0.5) is 4.79 Å². The number of pyridine rings is 1. The summed E-state index contributed by atoms with van der Waals surface area (Å²) in [5.74, 6) is -0.742. The minimum Gasteiger partial charge on any atom is -0.467 e. The smallest absolute Gasteiger partial charge is 0.328 e. The van der Waals surface area contributed by atoms with Crippen molar-refractivity contribution in [1.29, 1.82) is 0 Å². The number of nitrogens with one attached hydrogen (secondary N) is 2. The van der Waals surface area contributed by atoms with Crippen LogP contribution in [0.3, 0.4) is 0 Å². The predicted molar refractivity (Wildman–Crippen MR) is 150 cm³/mol. The zero-order chi connectivity index (χ0) is 27.8. The number of carbonyl (C=O) groups excluding carboxylic acids is 3. The number of carbonyl (C=O) groups is 3. The number of aromatic nitrogens is 1. The molecule has 3 rings (SSSR count). The van der Waals surface area contributed by atoms with Crippen molar-refractivity contribution in [2.45, 2.75) is 64.7 Å². The number of methoxy groups -OCH3 is 1. The number of hydrogen-bond acceptors (Lipinski definition) is 7. The van der Waals surface area contributed by atoms with Crippen molar-refractivity contribution >= 4 is 52.4 Å². The summed E-state index contributed by atoms with van der Waals surface area (Å²) in [7, 11) is 1.31. The van der Waals surface area contributed by atoms with E-state index < -0.39 is 12.0 Å². The Bertz CT molecular complexity index is 1090. The van der Waals surface area contributed by atoms with Crippen LogP contribution in [0.25, 0.3) is 0 Å². The third kappa shape index (κ3) is 8.05. The van der Waals surface area contributed by atoms with E-state index >= 15 is 0 Å². The summed E-state index contributed by atoms with van der Waals surface area (Å²) in [6, 6.07) is 2.92. The molecule has 2 atom stereocenters. The molecule has 2 aromatic heterocycles. The third-order valence-electron chi connectivity index (χ3n) is 6.87. The molecule has 0 aromatic carbocycles. The molecule has 1 fully saturated rings. The number of urea groups is 1. The molecule has 0 aliphatic carbocycles. The van der Waals surface area contributed by atoms with Gasteiger partial charge in [-0.1, -0.05) is 23.2 Å². The fourth-order valence-electron chi connectivity index (χ4n) is 4.62. The average molecular weight is 585 g/mol. The van der Waals surface area contributed by atoms with E-state index in [1.807, 2.05) is 21.7 Å². The highest BCUT2D eigenvalue weighted by Gasteiger charge is 2.31. The molecular weight excluding hydrogens is 549 g/mol. The van der Waals surface area contributed by atoms with Gasteiger partial charge in [0.2, 0.25) is 0 Å². The molecule has 1 saturated heterocycles. The van der Waals surface area contributed by atoms with E-state index in [2.05, 4.69) is 27.4 Å². The molecule has 1 unspecified atom stereocenters. The highest BCUT2D eigenvalue weighted by molar-refractivity contribution is 7.07. The number of hydrogen-bond donors (Lipinski definition) is 2. The van der Waals surface area contributed by atoms with Gasteiger partial charge in [0, 0.05) is 38.3 Å². The first-order valence-electron chi connectivity index (χ1n) is 12.6.